The molecule has 1 aromatic rings. The number of esters is 1. The number of ketones is 1. The summed E-state index contributed by atoms with van der Waals surface area (Å²) in [5, 5.41) is 9.05. The zero-order valence-corrected chi connectivity index (χ0v) is 9.10. The Morgan fingerprint density at radius 3 is 2.44 bits per heavy atom. The van der Waals surface area contributed by atoms with Gasteiger partial charge >= 0.3 is 5.97 Å². The molecule has 86 valence electrons. The van der Waals surface area contributed by atoms with E-state index in [0.717, 1.165) is 5.56 Å². The molecule has 0 aliphatic rings. The lowest BCUT2D eigenvalue weighted by atomic mass is 10.1. The van der Waals surface area contributed by atoms with Crippen LogP contribution in [-0.4, -0.2) is 23.5 Å². The first-order valence-electron chi connectivity index (χ1n) is 5.01. The van der Waals surface area contributed by atoms with E-state index in [-0.39, 0.29) is 30.5 Å². The zero-order chi connectivity index (χ0) is 12.0. The van der Waals surface area contributed by atoms with Crippen LogP contribution >= 0.6 is 0 Å². The molecule has 0 aromatic heterocycles. The molecule has 4 nitrogen and oxygen atoms in total. The van der Waals surface area contributed by atoms with Gasteiger partial charge in [-0.2, -0.15) is 0 Å². The topological polar surface area (TPSA) is 63.6 Å². The predicted octanol–water partition coefficient (Wildman–Crippen LogP) is 1.46. The molecule has 0 heterocycles. The number of aromatic hydroxyl groups is 1. The fourth-order valence-electron chi connectivity index (χ4n) is 1.16. The van der Waals surface area contributed by atoms with E-state index in [4.69, 9.17) is 9.84 Å². The lowest BCUT2D eigenvalue weighted by molar-refractivity contribution is -0.147. The summed E-state index contributed by atoms with van der Waals surface area (Å²) in [5.41, 5.74) is 0.942. The normalized spacial score (nSPS) is 9.81. The van der Waals surface area contributed by atoms with E-state index in [1.165, 1.54) is 6.92 Å². The zero-order valence-electron chi connectivity index (χ0n) is 9.10. The maximum absolute atomic E-state index is 11.2. The van der Waals surface area contributed by atoms with Gasteiger partial charge in [0.2, 0.25) is 0 Å². The second kappa shape index (κ2) is 5.90. The summed E-state index contributed by atoms with van der Waals surface area (Å²) in [4.78, 5) is 21.7. The number of hydrogen-bond donors (Lipinski definition) is 1. The Kier molecular flexibility index (Phi) is 4.51. The molecule has 0 spiro atoms. The van der Waals surface area contributed by atoms with Gasteiger partial charge in [-0.15, -0.1) is 0 Å². The van der Waals surface area contributed by atoms with Crippen molar-refractivity contribution in [1.29, 1.82) is 0 Å². The van der Waals surface area contributed by atoms with Crippen LogP contribution in [0.25, 0.3) is 0 Å². The average molecular weight is 222 g/mol. The van der Waals surface area contributed by atoms with Crippen molar-refractivity contribution in [3.8, 4) is 5.75 Å². The second-order valence-corrected chi connectivity index (χ2v) is 3.53. The van der Waals surface area contributed by atoms with Gasteiger partial charge in [0, 0.05) is 6.42 Å². The van der Waals surface area contributed by atoms with Crippen LogP contribution in [0.5, 0.6) is 5.75 Å². The molecule has 0 radical (unpaired) electrons. The molecule has 0 fully saturated rings. The highest BCUT2D eigenvalue weighted by atomic mass is 16.5. The number of rotatable bonds is 5. The summed E-state index contributed by atoms with van der Waals surface area (Å²) in [6, 6.07) is 6.62. The quantitative estimate of drug-likeness (QED) is 0.766. The highest BCUT2D eigenvalue weighted by Gasteiger charge is 2.04. The Bertz CT molecular complexity index is 367. The molecule has 0 amide bonds. The van der Waals surface area contributed by atoms with Crippen LogP contribution in [0.4, 0.5) is 0 Å². The van der Waals surface area contributed by atoms with Crippen LogP contribution in [0.15, 0.2) is 24.3 Å². The van der Waals surface area contributed by atoms with E-state index >= 15 is 0 Å². The minimum atomic E-state index is -0.386. The predicted molar refractivity (Wildman–Crippen MR) is 58.1 cm³/mol. The Hall–Kier alpha value is -1.84. The number of benzene rings is 1. The van der Waals surface area contributed by atoms with Crippen molar-refractivity contribution < 1.29 is 19.4 Å². The second-order valence-electron chi connectivity index (χ2n) is 3.53. The average Bonchev–Trinajstić information content (AvgIpc) is 2.25. The number of phenolic OH excluding ortho intramolecular Hbond substituents is 1. The van der Waals surface area contributed by atoms with Crippen LogP contribution < -0.4 is 0 Å². The minimum absolute atomic E-state index is 0.158. The standard InChI is InChI=1S/C12H14O4/c1-9(13)8-16-12(15)7-4-10-2-5-11(14)6-3-10/h2-3,5-6,14H,4,7-8H2,1H3. The molecule has 0 atom stereocenters. The molecule has 1 rings (SSSR count). The van der Waals surface area contributed by atoms with Gasteiger partial charge in [-0.1, -0.05) is 12.1 Å². The van der Waals surface area contributed by atoms with Gasteiger partial charge in [0.25, 0.3) is 0 Å². The number of aryl methyl sites for hydroxylation is 1. The summed E-state index contributed by atoms with van der Waals surface area (Å²) >= 11 is 0. The molecular weight excluding hydrogens is 208 g/mol. The fourth-order valence-corrected chi connectivity index (χ4v) is 1.16. The van der Waals surface area contributed by atoms with Crippen LogP contribution in [0.3, 0.4) is 0 Å². The van der Waals surface area contributed by atoms with Crippen molar-refractivity contribution >= 4 is 11.8 Å². The van der Waals surface area contributed by atoms with Gasteiger partial charge in [0.05, 0.1) is 0 Å². The summed E-state index contributed by atoms with van der Waals surface area (Å²) < 4.78 is 4.71. The monoisotopic (exact) mass is 222 g/mol. The maximum Gasteiger partial charge on any atom is 0.306 e. The van der Waals surface area contributed by atoms with Crippen molar-refractivity contribution in [3.05, 3.63) is 29.8 Å². The van der Waals surface area contributed by atoms with E-state index in [2.05, 4.69) is 0 Å². The van der Waals surface area contributed by atoms with E-state index in [1.807, 2.05) is 0 Å². The molecule has 0 saturated carbocycles. The molecule has 16 heavy (non-hydrogen) atoms. The Morgan fingerprint density at radius 2 is 1.88 bits per heavy atom. The van der Waals surface area contributed by atoms with Gasteiger partial charge < -0.3 is 9.84 Å². The number of phenols is 1. The highest BCUT2D eigenvalue weighted by Crippen LogP contribution is 2.11. The largest absolute Gasteiger partial charge is 0.508 e. The summed E-state index contributed by atoms with van der Waals surface area (Å²) in [5.74, 6) is -0.357. The van der Waals surface area contributed by atoms with Crippen molar-refractivity contribution in [2.75, 3.05) is 6.61 Å². The summed E-state index contributed by atoms with van der Waals surface area (Å²) in [6.45, 7) is 1.21. The third-order valence-electron chi connectivity index (χ3n) is 1.99. The molecule has 0 unspecified atom stereocenters. The Morgan fingerprint density at radius 1 is 1.25 bits per heavy atom. The molecular formula is C12H14O4. The van der Waals surface area contributed by atoms with Crippen LogP contribution in [0.1, 0.15) is 18.9 Å². The molecule has 1 aromatic carbocycles. The third kappa shape index (κ3) is 4.59. The molecule has 4 heteroatoms. The number of ether oxygens (including phenoxy) is 1. The molecule has 0 bridgehead atoms. The molecule has 1 N–H and O–H groups in total. The minimum Gasteiger partial charge on any atom is -0.508 e. The van der Waals surface area contributed by atoms with E-state index in [1.54, 1.807) is 24.3 Å². The molecule has 0 aliphatic carbocycles. The SMILES string of the molecule is CC(=O)COC(=O)CCc1ccc(O)cc1. The van der Waals surface area contributed by atoms with Crippen LogP contribution in [-0.2, 0) is 20.7 Å². The first-order valence-corrected chi connectivity index (χ1v) is 5.01. The lowest BCUT2D eigenvalue weighted by Crippen LogP contribution is -2.11. The van der Waals surface area contributed by atoms with Gasteiger partial charge in [-0.05, 0) is 31.0 Å². The molecule has 0 saturated heterocycles. The van der Waals surface area contributed by atoms with E-state index in [0.29, 0.717) is 6.42 Å². The lowest BCUT2D eigenvalue weighted by Gasteiger charge is -2.02. The summed E-state index contributed by atoms with van der Waals surface area (Å²) in [6.07, 6.45) is 0.773. The van der Waals surface area contributed by atoms with E-state index in [9.17, 15) is 9.59 Å². The van der Waals surface area contributed by atoms with Gasteiger partial charge in [-0.25, -0.2) is 0 Å². The van der Waals surface area contributed by atoms with Crippen molar-refractivity contribution in [2.45, 2.75) is 19.8 Å². The smallest absolute Gasteiger partial charge is 0.306 e. The number of carbonyl (C=O) groups is 2. The first kappa shape index (κ1) is 12.2. The van der Waals surface area contributed by atoms with Gasteiger partial charge in [0.15, 0.2) is 5.78 Å². The van der Waals surface area contributed by atoms with Gasteiger partial charge in [-0.3, -0.25) is 9.59 Å². The van der Waals surface area contributed by atoms with Crippen molar-refractivity contribution in [3.63, 3.8) is 0 Å². The number of Topliss-reactive ketones (excluding diaryl/α,β-unsaturated/α-hetero) is 1. The summed E-state index contributed by atoms with van der Waals surface area (Å²) in [7, 11) is 0. The van der Waals surface area contributed by atoms with E-state index < -0.39 is 0 Å². The fraction of sp³-hybridized carbons (Fsp3) is 0.333. The van der Waals surface area contributed by atoms with Crippen LogP contribution in [0.2, 0.25) is 0 Å². The van der Waals surface area contributed by atoms with Crippen molar-refractivity contribution in [2.24, 2.45) is 0 Å². The maximum atomic E-state index is 11.2. The Balaban J connectivity index is 2.31. The third-order valence-corrected chi connectivity index (χ3v) is 1.99. The number of hydrogen-bond acceptors (Lipinski definition) is 4. The number of carbonyl (C=O) groups excluding carboxylic acids is 2. The molecule has 0 aliphatic heterocycles. The Labute approximate surface area is 93.9 Å². The van der Waals surface area contributed by atoms with Crippen LogP contribution in [0, 0.1) is 0 Å². The van der Waals surface area contributed by atoms with Crippen molar-refractivity contribution in [1.82, 2.24) is 0 Å². The van der Waals surface area contributed by atoms with Gasteiger partial charge in [0.1, 0.15) is 12.4 Å². The first-order chi connectivity index (χ1) is 7.58. The highest BCUT2D eigenvalue weighted by molar-refractivity contribution is 5.80.